The van der Waals surface area contributed by atoms with Crippen molar-refractivity contribution in [1.29, 1.82) is 5.26 Å². The van der Waals surface area contributed by atoms with Crippen molar-refractivity contribution >= 4 is 11.6 Å². The molecule has 0 unspecified atom stereocenters. The molecule has 0 radical (unpaired) electrons. The van der Waals surface area contributed by atoms with Gasteiger partial charge in [0.25, 0.3) is 5.56 Å². The number of pyridine rings is 1. The van der Waals surface area contributed by atoms with Crippen LogP contribution in [0.3, 0.4) is 0 Å². The maximum Gasteiger partial charge on any atom is 0.266 e. The molecule has 98 valence electrons. The van der Waals surface area contributed by atoms with Gasteiger partial charge in [-0.15, -0.1) is 0 Å². The molecule has 1 amide bonds. The van der Waals surface area contributed by atoms with Gasteiger partial charge in [-0.25, -0.2) is 0 Å². The molecule has 1 aliphatic rings. The summed E-state index contributed by atoms with van der Waals surface area (Å²) in [5.74, 6) is 0.0131. The molecule has 3 rings (SSSR count). The largest absolute Gasteiger partial charge is 0.328 e. The van der Waals surface area contributed by atoms with Gasteiger partial charge in [0.05, 0.1) is 0 Å². The molecule has 0 fully saturated rings. The Morgan fingerprint density at radius 3 is 2.80 bits per heavy atom. The first kappa shape index (κ1) is 12.2. The van der Waals surface area contributed by atoms with Crippen LogP contribution >= 0.6 is 0 Å². The Morgan fingerprint density at radius 1 is 1.15 bits per heavy atom. The number of amides is 1. The number of aromatic nitrogens is 1. The van der Waals surface area contributed by atoms with Gasteiger partial charge < -0.3 is 10.3 Å². The third-order valence-electron chi connectivity index (χ3n) is 3.38. The van der Waals surface area contributed by atoms with E-state index in [1.54, 1.807) is 12.1 Å². The fraction of sp³-hybridized carbons (Fsp3) is 0.133. The number of nitrogens with zero attached hydrogens (tertiary/aromatic N) is 1. The molecule has 2 aromatic rings. The summed E-state index contributed by atoms with van der Waals surface area (Å²) in [6.45, 7) is 0. The van der Waals surface area contributed by atoms with Crippen molar-refractivity contribution in [1.82, 2.24) is 4.98 Å². The molecule has 0 saturated carbocycles. The first-order chi connectivity index (χ1) is 9.69. The maximum atomic E-state index is 11.6. The highest BCUT2D eigenvalue weighted by Crippen LogP contribution is 2.29. The third kappa shape index (κ3) is 1.97. The van der Waals surface area contributed by atoms with Crippen molar-refractivity contribution in [2.24, 2.45) is 0 Å². The summed E-state index contributed by atoms with van der Waals surface area (Å²) in [7, 11) is 0. The van der Waals surface area contributed by atoms with E-state index in [2.05, 4.69) is 10.3 Å². The summed E-state index contributed by atoms with van der Waals surface area (Å²) in [6.07, 6.45) is 2.65. The molecular formula is C15H11N3O2. The highest BCUT2D eigenvalue weighted by atomic mass is 16.1. The van der Waals surface area contributed by atoms with Crippen molar-refractivity contribution in [2.75, 3.05) is 5.32 Å². The van der Waals surface area contributed by atoms with Crippen molar-refractivity contribution in [3.8, 4) is 17.2 Å². The summed E-state index contributed by atoms with van der Waals surface area (Å²) >= 11 is 0. The molecule has 1 aromatic carbocycles. The van der Waals surface area contributed by atoms with Gasteiger partial charge in [0.1, 0.15) is 11.6 Å². The molecule has 20 heavy (non-hydrogen) atoms. The molecule has 2 heterocycles. The molecule has 5 nitrogen and oxygen atoms in total. The van der Waals surface area contributed by atoms with Crippen molar-refractivity contribution in [3.63, 3.8) is 0 Å². The van der Waals surface area contributed by atoms with E-state index in [0.29, 0.717) is 18.4 Å². The van der Waals surface area contributed by atoms with Crippen molar-refractivity contribution in [3.05, 3.63) is 51.9 Å². The van der Waals surface area contributed by atoms with E-state index in [0.717, 1.165) is 16.8 Å². The molecular weight excluding hydrogens is 254 g/mol. The van der Waals surface area contributed by atoms with E-state index in [1.807, 2.05) is 18.2 Å². The number of nitriles is 1. The van der Waals surface area contributed by atoms with Crippen LogP contribution in [-0.4, -0.2) is 10.9 Å². The maximum absolute atomic E-state index is 11.6. The fourth-order valence-corrected chi connectivity index (χ4v) is 2.38. The summed E-state index contributed by atoms with van der Waals surface area (Å²) < 4.78 is 0. The highest BCUT2D eigenvalue weighted by molar-refractivity contribution is 5.94. The number of fused-ring (bicyclic) bond motifs is 1. The topological polar surface area (TPSA) is 85.8 Å². The second-order valence-corrected chi connectivity index (χ2v) is 4.63. The minimum atomic E-state index is -0.393. The number of hydrogen-bond donors (Lipinski definition) is 2. The third-order valence-corrected chi connectivity index (χ3v) is 3.38. The van der Waals surface area contributed by atoms with E-state index in [4.69, 9.17) is 5.26 Å². The van der Waals surface area contributed by atoms with E-state index in [1.165, 1.54) is 6.20 Å². The van der Waals surface area contributed by atoms with Crippen LogP contribution in [0.4, 0.5) is 5.69 Å². The SMILES string of the molecule is N#Cc1c(-c2ccc3c(c2)CCC(=O)N3)cc[nH]c1=O. The van der Waals surface area contributed by atoms with Crippen LogP contribution in [0.15, 0.2) is 35.3 Å². The standard InChI is InChI=1S/C15H11N3O2/c16-8-12-11(5-6-17-15(12)20)9-1-3-13-10(7-9)2-4-14(19)18-13/h1,3,5-7H,2,4H2,(H,17,20)(H,18,19). The first-order valence-electron chi connectivity index (χ1n) is 6.24. The number of carbonyl (C=O) groups is 1. The number of rotatable bonds is 1. The summed E-state index contributed by atoms with van der Waals surface area (Å²) in [5.41, 5.74) is 2.95. The molecule has 0 spiro atoms. The Labute approximate surface area is 114 Å². The lowest BCUT2D eigenvalue weighted by Crippen LogP contribution is -2.18. The zero-order valence-corrected chi connectivity index (χ0v) is 10.6. The van der Waals surface area contributed by atoms with Gasteiger partial charge in [-0.1, -0.05) is 6.07 Å². The number of aryl methyl sites for hydroxylation is 1. The summed E-state index contributed by atoms with van der Waals surface area (Å²) in [4.78, 5) is 25.5. The summed E-state index contributed by atoms with van der Waals surface area (Å²) in [5, 5.41) is 11.9. The number of anilines is 1. The summed E-state index contributed by atoms with van der Waals surface area (Å²) in [6, 6.07) is 9.18. The predicted molar refractivity (Wildman–Crippen MR) is 74.2 cm³/mol. The molecule has 0 aliphatic carbocycles. The van der Waals surface area contributed by atoms with E-state index in [-0.39, 0.29) is 11.5 Å². The molecule has 1 aliphatic heterocycles. The molecule has 1 aromatic heterocycles. The van der Waals surface area contributed by atoms with E-state index < -0.39 is 5.56 Å². The monoisotopic (exact) mass is 265 g/mol. The van der Waals surface area contributed by atoms with Crippen LogP contribution in [0.5, 0.6) is 0 Å². The minimum Gasteiger partial charge on any atom is -0.328 e. The van der Waals surface area contributed by atoms with E-state index in [9.17, 15) is 9.59 Å². The Balaban J connectivity index is 2.13. The molecule has 0 bridgehead atoms. The van der Waals surface area contributed by atoms with Gasteiger partial charge in [0.15, 0.2) is 0 Å². The zero-order chi connectivity index (χ0) is 14.1. The van der Waals surface area contributed by atoms with Gasteiger partial charge >= 0.3 is 0 Å². The minimum absolute atomic E-state index is 0.0131. The number of nitrogens with one attached hydrogen (secondary N) is 2. The first-order valence-corrected chi connectivity index (χ1v) is 6.24. The number of H-pyrrole nitrogens is 1. The van der Waals surface area contributed by atoms with Gasteiger partial charge in [-0.05, 0) is 35.7 Å². The molecule has 5 heteroatoms. The van der Waals surface area contributed by atoms with Crippen LogP contribution in [0.1, 0.15) is 17.5 Å². The van der Waals surface area contributed by atoms with E-state index >= 15 is 0 Å². The average Bonchev–Trinajstić information content (AvgIpc) is 2.46. The lowest BCUT2D eigenvalue weighted by molar-refractivity contribution is -0.116. The van der Waals surface area contributed by atoms with Gasteiger partial charge in [-0.3, -0.25) is 9.59 Å². The van der Waals surface area contributed by atoms with Gasteiger partial charge in [-0.2, -0.15) is 5.26 Å². The molecule has 0 atom stereocenters. The van der Waals surface area contributed by atoms with Crippen LogP contribution in [0.2, 0.25) is 0 Å². The Hall–Kier alpha value is -2.87. The van der Waals surface area contributed by atoms with Crippen molar-refractivity contribution < 1.29 is 4.79 Å². The van der Waals surface area contributed by atoms with Crippen LogP contribution in [-0.2, 0) is 11.2 Å². The van der Waals surface area contributed by atoms with Crippen LogP contribution in [0, 0.1) is 11.3 Å². The highest BCUT2D eigenvalue weighted by Gasteiger charge is 2.16. The smallest absolute Gasteiger partial charge is 0.266 e. The number of benzene rings is 1. The predicted octanol–water partition coefficient (Wildman–Crippen LogP) is 1.80. The second-order valence-electron chi connectivity index (χ2n) is 4.63. The quantitative estimate of drug-likeness (QED) is 0.824. The fourth-order valence-electron chi connectivity index (χ4n) is 2.38. The number of hydrogen-bond acceptors (Lipinski definition) is 3. The van der Waals surface area contributed by atoms with Crippen LogP contribution < -0.4 is 10.9 Å². The normalized spacial score (nSPS) is 13.2. The number of carbonyl (C=O) groups excluding carboxylic acids is 1. The van der Waals surface area contributed by atoms with Gasteiger partial charge in [0, 0.05) is 23.9 Å². The molecule has 2 N–H and O–H groups in total. The number of aromatic amines is 1. The lowest BCUT2D eigenvalue weighted by atomic mass is 9.95. The Kier molecular flexibility index (Phi) is 2.84. The zero-order valence-electron chi connectivity index (χ0n) is 10.6. The average molecular weight is 265 g/mol. The van der Waals surface area contributed by atoms with Crippen molar-refractivity contribution in [2.45, 2.75) is 12.8 Å². The van der Waals surface area contributed by atoms with Crippen LogP contribution in [0.25, 0.3) is 11.1 Å². The lowest BCUT2D eigenvalue weighted by Gasteiger charge is -2.17. The molecule has 0 saturated heterocycles. The Bertz CT molecular complexity index is 799. The second kappa shape index (κ2) is 4.67. The Morgan fingerprint density at radius 2 is 2.00 bits per heavy atom. The van der Waals surface area contributed by atoms with Gasteiger partial charge in [0.2, 0.25) is 5.91 Å².